The van der Waals surface area contributed by atoms with E-state index < -0.39 is 34.9 Å². The minimum absolute atomic E-state index is 0.339. The summed E-state index contributed by atoms with van der Waals surface area (Å²) in [6, 6.07) is 1.27. The van der Waals surface area contributed by atoms with Crippen molar-refractivity contribution in [2.24, 2.45) is 0 Å². The molecule has 0 saturated heterocycles. The van der Waals surface area contributed by atoms with Crippen molar-refractivity contribution in [1.29, 1.82) is 0 Å². The molecular weight excluding hydrogens is 283 g/mol. The van der Waals surface area contributed by atoms with Crippen LogP contribution in [-0.4, -0.2) is 12.4 Å². The molecule has 0 radical (unpaired) electrons. The van der Waals surface area contributed by atoms with Crippen LogP contribution >= 0.6 is 11.6 Å². The zero-order chi connectivity index (χ0) is 14.1. The maximum absolute atomic E-state index is 12.6. The lowest BCUT2D eigenvalue weighted by atomic mass is 10.1. The fourth-order valence-electron chi connectivity index (χ4n) is 1.22. The second kappa shape index (κ2) is 5.09. The van der Waals surface area contributed by atoms with Gasteiger partial charge in [-0.15, -0.1) is 0 Å². The number of alkyl halides is 5. The summed E-state index contributed by atoms with van der Waals surface area (Å²) in [7, 11) is 0. The Kier molecular flexibility index (Phi) is 4.16. The highest BCUT2D eigenvalue weighted by atomic mass is 35.5. The van der Waals surface area contributed by atoms with Crippen molar-refractivity contribution in [3.8, 4) is 5.75 Å². The van der Waals surface area contributed by atoms with Crippen LogP contribution in [0.25, 0.3) is 0 Å². The van der Waals surface area contributed by atoms with Crippen LogP contribution in [0.5, 0.6) is 5.75 Å². The number of benzene rings is 1. The summed E-state index contributed by atoms with van der Waals surface area (Å²) in [5, 5.41) is -0.699. The largest absolute Gasteiger partial charge is 0.433 e. The number of ether oxygens (including phenoxy) is 1. The average Bonchev–Trinajstić information content (AvgIpc) is 2.17. The first kappa shape index (κ1) is 14.7. The Bertz CT molecular complexity index is 470. The zero-order valence-electron chi connectivity index (χ0n) is 8.82. The SMILES string of the molecule is CC(=O)c1cc(Cl)c(OC(F)F)c(C(F)(F)F)c1. The van der Waals surface area contributed by atoms with E-state index in [9.17, 15) is 26.7 Å². The number of halogens is 6. The molecule has 1 rings (SSSR count). The molecule has 0 aromatic heterocycles. The van der Waals surface area contributed by atoms with Crippen LogP contribution in [0.2, 0.25) is 5.02 Å². The number of carbonyl (C=O) groups excluding carboxylic acids is 1. The van der Waals surface area contributed by atoms with Gasteiger partial charge in [0, 0.05) is 5.56 Å². The van der Waals surface area contributed by atoms with E-state index in [1.165, 1.54) is 0 Å². The quantitative estimate of drug-likeness (QED) is 0.616. The third-order valence-electron chi connectivity index (χ3n) is 1.96. The zero-order valence-corrected chi connectivity index (χ0v) is 9.57. The van der Waals surface area contributed by atoms with Crippen LogP contribution in [0.15, 0.2) is 12.1 Å². The van der Waals surface area contributed by atoms with E-state index >= 15 is 0 Å². The van der Waals surface area contributed by atoms with E-state index in [2.05, 4.69) is 4.74 Å². The molecule has 0 saturated carbocycles. The fraction of sp³-hybridized carbons (Fsp3) is 0.300. The summed E-state index contributed by atoms with van der Waals surface area (Å²) in [6.07, 6.45) is -4.96. The van der Waals surface area contributed by atoms with Gasteiger partial charge in [0.05, 0.1) is 5.02 Å². The summed E-state index contributed by atoms with van der Waals surface area (Å²) in [5.41, 5.74) is -1.85. The van der Waals surface area contributed by atoms with Crippen LogP contribution in [0, 0.1) is 0 Å². The number of rotatable bonds is 3. The minimum atomic E-state index is -4.96. The van der Waals surface area contributed by atoms with Crippen molar-refractivity contribution in [2.45, 2.75) is 19.7 Å². The van der Waals surface area contributed by atoms with E-state index in [-0.39, 0.29) is 5.56 Å². The highest BCUT2D eigenvalue weighted by Gasteiger charge is 2.37. The lowest BCUT2D eigenvalue weighted by Gasteiger charge is -2.15. The highest BCUT2D eigenvalue weighted by Crippen LogP contribution is 2.41. The average molecular weight is 289 g/mol. The fourth-order valence-corrected chi connectivity index (χ4v) is 1.48. The van der Waals surface area contributed by atoms with Crippen LogP contribution in [0.1, 0.15) is 22.8 Å². The van der Waals surface area contributed by atoms with Crippen molar-refractivity contribution in [3.05, 3.63) is 28.3 Å². The Morgan fingerprint density at radius 3 is 2.28 bits per heavy atom. The molecule has 0 atom stereocenters. The number of hydrogen-bond acceptors (Lipinski definition) is 2. The van der Waals surface area contributed by atoms with Gasteiger partial charge in [0.2, 0.25) is 0 Å². The molecule has 0 heterocycles. The smallest absolute Gasteiger partial charge is 0.420 e. The molecule has 0 amide bonds. The lowest BCUT2D eigenvalue weighted by molar-refractivity contribution is -0.141. The van der Waals surface area contributed by atoms with Crippen molar-refractivity contribution in [3.63, 3.8) is 0 Å². The predicted octanol–water partition coefficient (Wildman–Crippen LogP) is 4.16. The summed E-state index contributed by atoms with van der Waals surface area (Å²) < 4.78 is 65.6. The van der Waals surface area contributed by atoms with Gasteiger partial charge in [-0.3, -0.25) is 4.79 Å². The Balaban J connectivity index is 3.45. The summed E-state index contributed by atoms with van der Waals surface area (Å²) in [4.78, 5) is 11.0. The summed E-state index contributed by atoms with van der Waals surface area (Å²) >= 11 is 5.42. The third-order valence-corrected chi connectivity index (χ3v) is 2.24. The number of ketones is 1. The molecule has 100 valence electrons. The number of hydrogen-bond donors (Lipinski definition) is 0. The van der Waals surface area contributed by atoms with Crippen molar-refractivity contribution < 1.29 is 31.5 Å². The van der Waals surface area contributed by atoms with Gasteiger partial charge in [0.1, 0.15) is 5.56 Å². The number of carbonyl (C=O) groups is 1. The van der Waals surface area contributed by atoms with Crippen LogP contribution < -0.4 is 4.74 Å². The van der Waals surface area contributed by atoms with Crippen molar-refractivity contribution >= 4 is 17.4 Å². The Morgan fingerprint density at radius 2 is 1.89 bits per heavy atom. The van der Waals surface area contributed by atoms with Crippen LogP contribution in [0.4, 0.5) is 22.0 Å². The van der Waals surface area contributed by atoms with Gasteiger partial charge >= 0.3 is 12.8 Å². The molecule has 18 heavy (non-hydrogen) atoms. The summed E-state index contributed by atoms with van der Waals surface area (Å²) in [6.45, 7) is -2.42. The normalized spacial score (nSPS) is 11.8. The molecule has 1 aromatic rings. The monoisotopic (exact) mass is 288 g/mol. The third kappa shape index (κ3) is 3.32. The van der Waals surface area contributed by atoms with Gasteiger partial charge in [-0.25, -0.2) is 0 Å². The maximum atomic E-state index is 12.6. The molecule has 0 aliphatic rings. The van der Waals surface area contributed by atoms with Gasteiger partial charge in [-0.05, 0) is 19.1 Å². The van der Waals surface area contributed by atoms with Crippen molar-refractivity contribution in [1.82, 2.24) is 0 Å². The molecule has 1 aromatic carbocycles. The Labute approximate surface area is 103 Å². The minimum Gasteiger partial charge on any atom is -0.433 e. The van der Waals surface area contributed by atoms with E-state index in [1.807, 2.05) is 0 Å². The molecule has 0 fully saturated rings. The van der Waals surface area contributed by atoms with E-state index in [0.717, 1.165) is 13.0 Å². The molecule has 0 aliphatic heterocycles. The standard InChI is InChI=1S/C10H6ClF5O2/c1-4(17)5-2-6(10(14,15)16)8(7(11)3-5)18-9(12)13/h2-3,9H,1H3. The Morgan fingerprint density at radius 1 is 1.33 bits per heavy atom. The molecule has 0 unspecified atom stereocenters. The van der Waals surface area contributed by atoms with Crippen LogP contribution in [0.3, 0.4) is 0 Å². The molecule has 0 aliphatic carbocycles. The van der Waals surface area contributed by atoms with E-state index in [1.54, 1.807) is 0 Å². The topological polar surface area (TPSA) is 26.3 Å². The first-order valence-electron chi connectivity index (χ1n) is 4.49. The second-order valence-corrected chi connectivity index (χ2v) is 3.67. The Hall–Kier alpha value is -1.37. The van der Waals surface area contributed by atoms with Gasteiger partial charge in [0.15, 0.2) is 11.5 Å². The molecule has 0 spiro atoms. The van der Waals surface area contributed by atoms with Crippen molar-refractivity contribution in [2.75, 3.05) is 0 Å². The predicted molar refractivity (Wildman–Crippen MR) is 53.1 cm³/mol. The van der Waals surface area contributed by atoms with Gasteiger partial charge < -0.3 is 4.74 Å². The second-order valence-electron chi connectivity index (χ2n) is 3.27. The number of Topliss-reactive ketones (excluding diaryl/α,β-unsaturated/α-hetero) is 1. The molecule has 2 nitrogen and oxygen atoms in total. The molecular formula is C10H6ClF5O2. The first-order chi connectivity index (χ1) is 8.12. The van der Waals surface area contributed by atoms with E-state index in [0.29, 0.717) is 6.07 Å². The van der Waals surface area contributed by atoms with E-state index in [4.69, 9.17) is 11.6 Å². The summed E-state index contributed by atoms with van der Waals surface area (Å²) in [5.74, 6) is -1.87. The lowest BCUT2D eigenvalue weighted by Crippen LogP contribution is -2.13. The molecule has 0 bridgehead atoms. The highest BCUT2D eigenvalue weighted by molar-refractivity contribution is 6.32. The molecule has 0 N–H and O–H groups in total. The van der Waals surface area contributed by atoms with Gasteiger partial charge in [0.25, 0.3) is 0 Å². The first-order valence-corrected chi connectivity index (χ1v) is 4.87. The van der Waals surface area contributed by atoms with Gasteiger partial charge in [-0.1, -0.05) is 11.6 Å². The van der Waals surface area contributed by atoms with Gasteiger partial charge in [-0.2, -0.15) is 22.0 Å². The van der Waals surface area contributed by atoms with Crippen LogP contribution in [-0.2, 0) is 6.18 Å². The molecule has 8 heteroatoms. The maximum Gasteiger partial charge on any atom is 0.420 e.